The summed E-state index contributed by atoms with van der Waals surface area (Å²) in [6, 6.07) is 21.7. The van der Waals surface area contributed by atoms with E-state index in [0.29, 0.717) is 12.4 Å². The molecular weight excluding hydrogens is 360 g/mol. The highest BCUT2D eigenvalue weighted by atomic mass is 16.5. The molecule has 0 amide bonds. The van der Waals surface area contributed by atoms with Gasteiger partial charge in [-0.3, -0.25) is 0 Å². The molecule has 3 nitrogen and oxygen atoms in total. The minimum Gasteiger partial charge on any atom is -0.508 e. The van der Waals surface area contributed by atoms with Crippen molar-refractivity contribution in [3.05, 3.63) is 83.4 Å². The van der Waals surface area contributed by atoms with Gasteiger partial charge < -0.3 is 14.6 Å². The first-order chi connectivity index (χ1) is 14.0. The van der Waals surface area contributed by atoms with E-state index in [-0.39, 0.29) is 11.8 Å². The third kappa shape index (κ3) is 5.54. The van der Waals surface area contributed by atoms with Gasteiger partial charge >= 0.3 is 0 Å². The van der Waals surface area contributed by atoms with Crippen LogP contribution in [0.3, 0.4) is 0 Å². The van der Waals surface area contributed by atoms with Gasteiger partial charge in [0.15, 0.2) is 0 Å². The van der Waals surface area contributed by atoms with Crippen molar-refractivity contribution >= 4 is 0 Å². The Hall–Kier alpha value is -2.94. The van der Waals surface area contributed by atoms with Crippen LogP contribution < -0.4 is 9.47 Å². The number of hydrogen-bond acceptors (Lipinski definition) is 3. The van der Waals surface area contributed by atoms with E-state index in [0.717, 1.165) is 29.2 Å². The Morgan fingerprint density at radius 3 is 2.07 bits per heavy atom. The Balaban J connectivity index is 1.61. The van der Waals surface area contributed by atoms with Gasteiger partial charge in [0.1, 0.15) is 23.0 Å². The standard InChI is InChI=1S/C26H30O3/c1-5-19(3)25-16-24(14-15-26(25)27)29-23-12-8-21(9-13-23)20(4)17-28-22-10-6-18(2)7-11-22/h6-16,19-20,27H,5,17H2,1-4H3. The van der Waals surface area contributed by atoms with E-state index in [2.05, 4.69) is 52.0 Å². The summed E-state index contributed by atoms with van der Waals surface area (Å²) in [5.74, 6) is 3.30. The fourth-order valence-corrected chi connectivity index (χ4v) is 3.16. The molecule has 0 bridgehead atoms. The van der Waals surface area contributed by atoms with E-state index in [1.165, 1.54) is 11.1 Å². The van der Waals surface area contributed by atoms with Gasteiger partial charge in [-0.25, -0.2) is 0 Å². The Kier molecular flexibility index (Phi) is 6.82. The van der Waals surface area contributed by atoms with Crippen molar-refractivity contribution in [1.82, 2.24) is 0 Å². The van der Waals surface area contributed by atoms with Crippen LogP contribution in [0.2, 0.25) is 0 Å². The average molecular weight is 391 g/mol. The van der Waals surface area contributed by atoms with E-state index in [1.54, 1.807) is 12.1 Å². The first kappa shape index (κ1) is 20.8. The van der Waals surface area contributed by atoms with Crippen LogP contribution in [0.25, 0.3) is 0 Å². The van der Waals surface area contributed by atoms with Crippen LogP contribution in [-0.4, -0.2) is 11.7 Å². The summed E-state index contributed by atoms with van der Waals surface area (Å²) in [4.78, 5) is 0. The molecule has 0 aliphatic rings. The minimum absolute atomic E-state index is 0.274. The summed E-state index contributed by atoms with van der Waals surface area (Å²) < 4.78 is 11.9. The van der Waals surface area contributed by atoms with Gasteiger partial charge in [-0.2, -0.15) is 0 Å². The first-order valence-corrected chi connectivity index (χ1v) is 10.3. The number of aromatic hydroxyl groups is 1. The summed E-state index contributed by atoms with van der Waals surface area (Å²) in [5, 5.41) is 10.1. The molecule has 3 heteroatoms. The number of rotatable bonds is 8. The Morgan fingerprint density at radius 1 is 0.793 bits per heavy atom. The number of aryl methyl sites for hydroxylation is 1. The van der Waals surface area contributed by atoms with Crippen LogP contribution in [0.4, 0.5) is 0 Å². The molecule has 0 fully saturated rings. The average Bonchev–Trinajstić information content (AvgIpc) is 2.74. The zero-order valence-corrected chi connectivity index (χ0v) is 17.7. The highest BCUT2D eigenvalue weighted by Crippen LogP contribution is 2.33. The number of phenols is 1. The lowest BCUT2D eigenvalue weighted by Crippen LogP contribution is -2.07. The van der Waals surface area contributed by atoms with E-state index < -0.39 is 0 Å². The molecule has 3 aromatic rings. The van der Waals surface area contributed by atoms with E-state index in [1.807, 2.05) is 30.3 Å². The van der Waals surface area contributed by atoms with Gasteiger partial charge in [0.25, 0.3) is 0 Å². The Morgan fingerprint density at radius 2 is 1.41 bits per heavy atom. The van der Waals surface area contributed by atoms with Crippen LogP contribution >= 0.6 is 0 Å². The second-order valence-corrected chi connectivity index (χ2v) is 7.73. The number of ether oxygens (including phenoxy) is 2. The lowest BCUT2D eigenvalue weighted by Gasteiger charge is -2.15. The normalized spacial score (nSPS) is 13.0. The fourth-order valence-electron chi connectivity index (χ4n) is 3.16. The van der Waals surface area contributed by atoms with Crippen molar-refractivity contribution in [1.29, 1.82) is 0 Å². The molecule has 1 N–H and O–H groups in total. The molecule has 0 heterocycles. The van der Waals surface area contributed by atoms with Crippen LogP contribution in [0.15, 0.2) is 66.7 Å². The van der Waals surface area contributed by atoms with E-state index in [4.69, 9.17) is 9.47 Å². The summed E-state index contributed by atoms with van der Waals surface area (Å²) in [5.41, 5.74) is 3.35. The summed E-state index contributed by atoms with van der Waals surface area (Å²) in [6.07, 6.45) is 0.967. The third-order valence-electron chi connectivity index (χ3n) is 5.35. The van der Waals surface area contributed by atoms with Gasteiger partial charge in [0, 0.05) is 11.5 Å². The molecule has 0 aliphatic carbocycles. The predicted octanol–water partition coefficient (Wildman–Crippen LogP) is 7.19. The van der Waals surface area contributed by atoms with Gasteiger partial charge in [0.05, 0.1) is 6.61 Å². The molecule has 3 aromatic carbocycles. The Labute approximate surface area is 173 Å². The van der Waals surface area contributed by atoms with Crippen LogP contribution in [0.5, 0.6) is 23.0 Å². The lowest BCUT2D eigenvalue weighted by atomic mass is 9.97. The highest BCUT2D eigenvalue weighted by Gasteiger charge is 2.11. The Bertz CT molecular complexity index is 914. The van der Waals surface area contributed by atoms with Gasteiger partial charge in [0.2, 0.25) is 0 Å². The molecule has 0 spiro atoms. The quantitative estimate of drug-likeness (QED) is 0.442. The molecule has 0 aliphatic heterocycles. The number of benzene rings is 3. The molecule has 3 rings (SSSR count). The molecular formula is C26H30O3. The molecule has 0 radical (unpaired) electrons. The monoisotopic (exact) mass is 390 g/mol. The van der Waals surface area contributed by atoms with Crippen molar-refractivity contribution in [2.75, 3.05) is 6.61 Å². The summed E-state index contributed by atoms with van der Waals surface area (Å²) in [6.45, 7) is 9.06. The van der Waals surface area contributed by atoms with E-state index >= 15 is 0 Å². The fraction of sp³-hybridized carbons (Fsp3) is 0.308. The zero-order valence-electron chi connectivity index (χ0n) is 17.7. The smallest absolute Gasteiger partial charge is 0.127 e. The SMILES string of the molecule is CCC(C)c1cc(Oc2ccc(C(C)COc3ccc(C)cc3)cc2)ccc1O. The highest BCUT2D eigenvalue weighted by molar-refractivity contribution is 5.43. The number of phenolic OH excluding ortho intramolecular Hbond substituents is 1. The van der Waals surface area contributed by atoms with Crippen molar-refractivity contribution in [2.45, 2.75) is 46.0 Å². The maximum absolute atomic E-state index is 10.1. The molecule has 0 aromatic heterocycles. The molecule has 29 heavy (non-hydrogen) atoms. The van der Waals surface area contributed by atoms with Crippen molar-refractivity contribution < 1.29 is 14.6 Å². The van der Waals surface area contributed by atoms with Crippen LogP contribution in [-0.2, 0) is 0 Å². The molecule has 0 saturated heterocycles. The van der Waals surface area contributed by atoms with Gasteiger partial charge in [-0.05, 0) is 67.3 Å². The molecule has 152 valence electrons. The molecule has 2 unspecified atom stereocenters. The van der Waals surface area contributed by atoms with Gasteiger partial charge in [-0.15, -0.1) is 0 Å². The van der Waals surface area contributed by atoms with Gasteiger partial charge in [-0.1, -0.05) is 50.6 Å². The predicted molar refractivity (Wildman–Crippen MR) is 118 cm³/mol. The molecule has 2 atom stereocenters. The largest absolute Gasteiger partial charge is 0.508 e. The maximum atomic E-state index is 10.1. The number of hydrogen-bond donors (Lipinski definition) is 1. The van der Waals surface area contributed by atoms with Crippen molar-refractivity contribution in [2.24, 2.45) is 0 Å². The van der Waals surface area contributed by atoms with Crippen molar-refractivity contribution in [3.63, 3.8) is 0 Å². The maximum Gasteiger partial charge on any atom is 0.127 e. The zero-order chi connectivity index (χ0) is 20.8. The topological polar surface area (TPSA) is 38.7 Å². The second kappa shape index (κ2) is 9.51. The third-order valence-corrected chi connectivity index (χ3v) is 5.35. The first-order valence-electron chi connectivity index (χ1n) is 10.3. The summed E-state index contributed by atoms with van der Waals surface area (Å²) in [7, 11) is 0. The van der Waals surface area contributed by atoms with Crippen LogP contribution in [0.1, 0.15) is 55.7 Å². The second-order valence-electron chi connectivity index (χ2n) is 7.73. The summed E-state index contributed by atoms with van der Waals surface area (Å²) >= 11 is 0. The van der Waals surface area contributed by atoms with Crippen molar-refractivity contribution in [3.8, 4) is 23.0 Å². The minimum atomic E-state index is 0.274. The lowest BCUT2D eigenvalue weighted by molar-refractivity contribution is 0.295. The van der Waals surface area contributed by atoms with E-state index in [9.17, 15) is 5.11 Å². The molecule has 0 saturated carbocycles. The van der Waals surface area contributed by atoms with Crippen LogP contribution in [0, 0.1) is 6.92 Å².